The molecule has 1 aliphatic heterocycles. The van der Waals surface area contributed by atoms with E-state index in [4.69, 9.17) is 0 Å². The van der Waals surface area contributed by atoms with E-state index in [0.29, 0.717) is 0 Å². The van der Waals surface area contributed by atoms with Crippen LogP contribution in [0.25, 0.3) is 0 Å². The highest BCUT2D eigenvalue weighted by Gasteiger charge is 2.21. The van der Waals surface area contributed by atoms with Gasteiger partial charge in [0.1, 0.15) is 0 Å². The predicted molar refractivity (Wildman–Crippen MR) is 63.6 cm³/mol. The maximum Gasteiger partial charge on any atom is 0.00644 e. The fraction of sp³-hybridized carbons (Fsp3) is 1.00. The van der Waals surface area contributed by atoms with Crippen LogP contribution in [0.15, 0.2) is 0 Å². The van der Waals surface area contributed by atoms with Crippen molar-refractivity contribution in [1.29, 1.82) is 0 Å². The molecule has 0 saturated carbocycles. The molecule has 0 aromatic heterocycles. The Labute approximate surface area is 89.9 Å². The number of rotatable bonds is 5. The fourth-order valence-corrected chi connectivity index (χ4v) is 2.48. The van der Waals surface area contributed by atoms with Gasteiger partial charge in [-0.1, -0.05) is 26.7 Å². The lowest BCUT2D eigenvalue weighted by molar-refractivity contribution is 0.123. The van der Waals surface area contributed by atoms with E-state index >= 15 is 0 Å². The van der Waals surface area contributed by atoms with Gasteiger partial charge in [-0.25, -0.2) is 0 Å². The second kappa shape index (κ2) is 6.44. The predicted octanol–water partition coefficient (Wildman–Crippen LogP) is 3.69. The zero-order chi connectivity index (χ0) is 10.4. The van der Waals surface area contributed by atoms with Crippen molar-refractivity contribution in [3.8, 4) is 0 Å². The summed E-state index contributed by atoms with van der Waals surface area (Å²) in [5.41, 5.74) is 0. The van der Waals surface area contributed by atoms with E-state index in [2.05, 4.69) is 25.7 Å². The molecule has 1 heteroatoms. The van der Waals surface area contributed by atoms with Crippen LogP contribution in [0.3, 0.4) is 0 Å². The Bertz CT molecular complexity index is 144. The van der Waals surface area contributed by atoms with Crippen molar-refractivity contribution in [3.05, 3.63) is 0 Å². The van der Waals surface area contributed by atoms with E-state index in [1.54, 1.807) is 0 Å². The minimum Gasteiger partial charge on any atom is -0.300 e. The number of nitrogens with zero attached hydrogens (tertiary/aromatic N) is 1. The summed E-state index contributed by atoms with van der Waals surface area (Å²) in [6.07, 6.45) is 8.47. The van der Waals surface area contributed by atoms with Gasteiger partial charge in [-0.2, -0.15) is 0 Å². The zero-order valence-electron chi connectivity index (χ0n) is 10.3. The minimum absolute atomic E-state index is 0.805. The molecule has 2 atom stereocenters. The van der Waals surface area contributed by atoms with E-state index in [9.17, 15) is 0 Å². The average Bonchev–Trinajstić information content (AvgIpc) is 2.25. The van der Waals surface area contributed by atoms with Crippen LogP contribution in [0.1, 0.15) is 59.3 Å². The lowest BCUT2D eigenvalue weighted by Gasteiger charge is -2.36. The van der Waals surface area contributed by atoms with Gasteiger partial charge in [-0.05, 0) is 45.1 Å². The molecule has 0 bridgehead atoms. The molecule has 0 N–H and O–H groups in total. The first-order chi connectivity index (χ1) is 6.77. The molecule has 1 aliphatic rings. The largest absolute Gasteiger partial charge is 0.300 e. The highest BCUT2D eigenvalue weighted by atomic mass is 15.2. The third kappa shape index (κ3) is 3.61. The third-order valence-corrected chi connectivity index (χ3v) is 3.73. The molecular weight excluding hydrogens is 170 g/mol. The van der Waals surface area contributed by atoms with E-state index in [1.807, 2.05) is 0 Å². The van der Waals surface area contributed by atoms with Crippen molar-refractivity contribution in [2.24, 2.45) is 5.92 Å². The standard InChI is InChI=1S/C13H27N/c1-4-6-8-13-9-7-10-14(11-13)12(3)5-2/h12-13H,4-11H2,1-3H3. The van der Waals surface area contributed by atoms with E-state index in [1.165, 1.54) is 51.6 Å². The molecule has 0 aromatic carbocycles. The van der Waals surface area contributed by atoms with Crippen molar-refractivity contribution in [1.82, 2.24) is 4.90 Å². The maximum absolute atomic E-state index is 2.70. The monoisotopic (exact) mass is 197 g/mol. The van der Waals surface area contributed by atoms with Gasteiger partial charge < -0.3 is 4.90 Å². The third-order valence-electron chi connectivity index (χ3n) is 3.73. The second-order valence-electron chi connectivity index (χ2n) is 4.90. The molecule has 84 valence electrons. The summed E-state index contributed by atoms with van der Waals surface area (Å²) < 4.78 is 0. The average molecular weight is 197 g/mol. The number of piperidine rings is 1. The summed E-state index contributed by atoms with van der Waals surface area (Å²) in [6.45, 7) is 9.70. The molecular formula is C13H27N. The highest BCUT2D eigenvalue weighted by molar-refractivity contribution is 4.76. The molecule has 0 aliphatic carbocycles. The van der Waals surface area contributed by atoms with Crippen molar-refractivity contribution in [3.63, 3.8) is 0 Å². The Hall–Kier alpha value is -0.0400. The van der Waals surface area contributed by atoms with Gasteiger partial charge in [0, 0.05) is 12.6 Å². The normalized spacial score (nSPS) is 26.4. The van der Waals surface area contributed by atoms with Crippen LogP contribution in [0.4, 0.5) is 0 Å². The van der Waals surface area contributed by atoms with Crippen LogP contribution < -0.4 is 0 Å². The molecule has 14 heavy (non-hydrogen) atoms. The lowest BCUT2D eigenvalue weighted by Crippen LogP contribution is -2.41. The zero-order valence-corrected chi connectivity index (χ0v) is 10.3. The first-order valence-corrected chi connectivity index (χ1v) is 6.52. The topological polar surface area (TPSA) is 3.24 Å². The lowest BCUT2D eigenvalue weighted by atomic mass is 9.92. The molecule has 2 unspecified atom stereocenters. The Balaban J connectivity index is 2.28. The van der Waals surface area contributed by atoms with Crippen LogP contribution >= 0.6 is 0 Å². The number of likely N-dealkylation sites (tertiary alicyclic amines) is 1. The molecule has 0 amide bonds. The highest BCUT2D eigenvalue weighted by Crippen LogP contribution is 2.23. The van der Waals surface area contributed by atoms with Crippen molar-refractivity contribution < 1.29 is 0 Å². The molecule has 1 saturated heterocycles. The van der Waals surface area contributed by atoms with Crippen LogP contribution in [-0.4, -0.2) is 24.0 Å². The second-order valence-corrected chi connectivity index (χ2v) is 4.90. The van der Waals surface area contributed by atoms with Crippen LogP contribution in [0, 0.1) is 5.92 Å². The Morgan fingerprint density at radius 2 is 2.14 bits per heavy atom. The van der Waals surface area contributed by atoms with E-state index < -0.39 is 0 Å². The van der Waals surface area contributed by atoms with Gasteiger partial charge in [-0.15, -0.1) is 0 Å². The van der Waals surface area contributed by atoms with Gasteiger partial charge in [0.2, 0.25) is 0 Å². The summed E-state index contributed by atoms with van der Waals surface area (Å²) in [5.74, 6) is 0.998. The number of hydrogen-bond donors (Lipinski definition) is 0. The van der Waals surface area contributed by atoms with Gasteiger partial charge in [0.05, 0.1) is 0 Å². The molecule has 1 heterocycles. The maximum atomic E-state index is 2.70. The molecule has 1 rings (SSSR count). The molecule has 0 spiro atoms. The Morgan fingerprint density at radius 1 is 1.36 bits per heavy atom. The minimum atomic E-state index is 0.805. The molecule has 0 aromatic rings. The Kier molecular flexibility index (Phi) is 5.54. The molecule has 1 nitrogen and oxygen atoms in total. The summed E-state index contributed by atoms with van der Waals surface area (Å²) >= 11 is 0. The quantitative estimate of drug-likeness (QED) is 0.650. The van der Waals surface area contributed by atoms with Gasteiger partial charge in [0.15, 0.2) is 0 Å². The van der Waals surface area contributed by atoms with E-state index in [-0.39, 0.29) is 0 Å². The first kappa shape index (κ1) is 12.0. The van der Waals surface area contributed by atoms with Crippen LogP contribution in [0.2, 0.25) is 0 Å². The van der Waals surface area contributed by atoms with Crippen molar-refractivity contribution >= 4 is 0 Å². The number of unbranched alkanes of at least 4 members (excludes halogenated alkanes) is 1. The van der Waals surface area contributed by atoms with Crippen molar-refractivity contribution in [2.45, 2.75) is 65.3 Å². The van der Waals surface area contributed by atoms with Crippen LogP contribution in [0.5, 0.6) is 0 Å². The molecule has 1 fully saturated rings. The smallest absolute Gasteiger partial charge is 0.00644 e. The van der Waals surface area contributed by atoms with Crippen LogP contribution in [-0.2, 0) is 0 Å². The summed E-state index contributed by atoms with van der Waals surface area (Å²) in [6, 6.07) is 0.805. The molecule has 0 radical (unpaired) electrons. The summed E-state index contributed by atoms with van der Waals surface area (Å²) in [5, 5.41) is 0. The van der Waals surface area contributed by atoms with E-state index in [0.717, 1.165) is 12.0 Å². The summed E-state index contributed by atoms with van der Waals surface area (Å²) in [7, 11) is 0. The van der Waals surface area contributed by atoms with Gasteiger partial charge in [-0.3, -0.25) is 0 Å². The van der Waals surface area contributed by atoms with Gasteiger partial charge in [0.25, 0.3) is 0 Å². The SMILES string of the molecule is CCCCC1CCCN(C(C)CC)C1. The summed E-state index contributed by atoms with van der Waals surface area (Å²) in [4.78, 5) is 2.70. The Morgan fingerprint density at radius 3 is 2.79 bits per heavy atom. The first-order valence-electron chi connectivity index (χ1n) is 6.52. The fourth-order valence-electron chi connectivity index (χ4n) is 2.48. The number of hydrogen-bond acceptors (Lipinski definition) is 1. The van der Waals surface area contributed by atoms with Crippen molar-refractivity contribution in [2.75, 3.05) is 13.1 Å². The van der Waals surface area contributed by atoms with Gasteiger partial charge >= 0.3 is 0 Å².